The van der Waals surface area contributed by atoms with Gasteiger partial charge in [0.1, 0.15) is 0 Å². The van der Waals surface area contributed by atoms with Crippen LogP contribution in [0.4, 0.5) is 0 Å². The first-order valence-corrected chi connectivity index (χ1v) is 36.0. The molecule has 0 bridgehead atoms. The second-order valence-corrected chi connectivity index (χ2v) is 26.8. The summed E-state index contributed by atoms with van der Waals surface area (Å²) in [4.78, 5) is -1.14. The highest BCUT2D eigenvalue weighted by Crippen LogP contribution is 2.25. The fourth-order valence-corrected chi connectivity index (χ4v) is 11.1. The van der Waals surface area contributed by atoms with E-state index < -0.39 is 60.9 Å². The normalized spacial score (nSPS) is 10.8. The molecular formula is C69H90O15S5. The number of rotatable bonds is 14. The second-order valence-electron chi connectivity index (χ2n) is 20.7. The van der Waals surface area contributed by atoms with Crippen LogP contribution >= 0.6 is 0 Å². The zero-order valence-corrected chi connectivity index (χ0v) is 57.6. The first kappa shape index (κ1) is 80.3. The van der Waals surface area contributed by atoms with E-state index in [0.717, 1.165) is 65.3 Å². The number of benzene rings is 8. The van der Waals surface area contributed by atoms with Gasteiger partial charge in [-0.25, -0.2) is 0 Å². The van der Waals surface area contributed by atoms with Crippen LogP contribution in [0.3, 0.4) is 0 Å². The van der Waals surface area contributed by atoms with E-state index >= 15 is 0 Å². The third kappa shape index (κ3) is 31.5. The molecule has 0 spiro atoms. The summed E-state index contributed by atoms with van der Waals surface area (Å²) in [5, 5.41) is 1.85. The minimum absolute atomic E-state index is 0.0396. The Morgan fingerprint density at radius 3 is 1.10 bits per heavy atom. The molecule has 0 aliphatic rings. The summed E-state index contributed by atoms with van der Waals surface area (Å²) >= 11 is 0. The van der Waals surface area contributed by atoms with E-state index in [4.69, 9.17) is 30.8 Å². The molecule has 0 aliphatic carbocycles. The van der Waals surface area contributed by atoms with E-state index in [1.165, 1.54) is 106 Å². The SMILES string of the molecule is CCCc1ccc(C)cc1.CCCc1ccc(S(=O)(=O)O)cc1S(=O)(=O)O.CCCc1ccccc1C.CCc1ccc(C)cc1.CCc1ccc(S(=O)(=O)O)cc1C.CCc1ccc2cc(S(=O)(=O)O)cc(C)c2c1.CCc1ccccc1C.O=S(=O)=O. The van der Waals surface area contributed by atoms with Gasteiger partial charge < -0.3 is 0 Å². The fourth-order valence-electron chi connectivity index (χ4n) is 8.60. The van der Waals surface area contributed by atoms with Crippen LogP contribution in [-0.4, -0.2) is 64.5 Å². The highest BCUT2D eigenvalue weighted by Gasteiger charge is 2.20. The molecule has 4 N–H and O–H groups in total. The van der Waals surface area contributed by atoms with Gasteiger partial charge in [-0.2, -0.15) is 33.7 Å². The van der Waals surface area contributed by atoms with E-state index in [1.807, 2.05) is 39.8 Å². The maximum atomic E-state index is 11.1. The zero-order chi connectivity index (χ0) is 67.7. The smallest absolute Gasteiger partial charge is 0.282 e. The van der Waals surface area contributed by atoms with Crippen LogP contribution in [0, 0.1) is 41.5 Å². The topological polar surface area (TPSA) is 269 Å². The molecule has 0 aliphatic heterocycles. The van der Waals surface area contributed by atoms with Crippen molar-refractivity contribution in [2.75, 3.05) is 0 Å². The standard InChI is InChI=1S/C13H14O3S.2C10H14.C9H12O6S2.C9H12O3S.2C9H12.O3S/c1-3-10-4-5-11-8-12(17(14,15)16)6-9(2)13(11)7-10;1-3-6-10-8-5-4-7-9(10)2;1-3-4-10-7-5-9(2)6-8-10;1-2-3-7-4-5-8(16(10,11)12)6-9(7)17(13,14)15;1-3-8-4-5-9(6-7(8)2)13(10,11)12;1-3-9-6-4-8(2)5-7-9;1-3-9-7-5-4-6-8(9)2;1-4(2)3/h4-8H,3H2,1-2H3,(H,14,15,16);4-5,7-8H,3,6H2,1-2H3;5-8H,3-4H2,1-2H3;4-6H,2-3H2,1H3,(H,10,11,12)(H,13,14,15);4-6H,3H2,1-2H3,(H,10,11,12);2*4-7H,3H2,1-2H3;. The van der Waals surface area contributed by atoms with E-state index in [2.05, 4.69) is 165 Å². The van der Waals surface area contributed by atoms with Gasteiger partial charge in [0, 0.05) is 0 Å². The van der Waals surface area contributed by atoms with Crippen LogP contribution in [0.25, 0.3) is 10.8 Å². The maximum absolute atomic E-state index is 11.1. The van der Waals surface area contributed by atoms with Gasteiger partial charge in [-0.05, 0) is 195 Å². The molecule has 0 saturated heterocycles. The average Bonchev–Trinajstić information content (AvgIpc) is 2.53. The van der Waals surface area contributed by atoms with Gasteiger partial charge in [0.2, 0.25) is 0 Å². The van der Waals surface area contributed by atoms with Crippen molar-refractivity contribution in [3.05, 3.63) is 236 Å². The number of fused-ring (bicyclic) bond motifs is 1. The number of aryl methyl sites for hydroxylation is 13. The molecule has 8 aromatic carbocycles. The molecule has 486 valence electrons. The van der Waals surface area contributed by atoms with Gasteiger partial charge >= 0.3 is 10.6 Å². The van der Waals surface area contributed by atoms with E-state index in [-0.39, 0.29) is 9.79 Å². The molecule has 20 heteroatoms. The van der Waals surface area contributed by atoms with Crippen molar-refractivity contribution < 1.29 is 64.5 Å². The van der Waals surface area contributed by atoms with Crippen LogP contribution in [0.15, 0.2) is 183 Å². The van der Waals surface area contributed by atoms with Gasteiger partial charge in [0.15, 0.2) is 0 Å². The molecule has 8 aromatic rings. The highest BCUT2D eigenvalue weighted by atomic mass is 32.2. The van der Waals surface area contributed by atoms with E-state index in [0.29, 0.717) is 18.4 Å². The summed E-state index contributed by atoms with van der Waals surface area (Å²) in [5.41, 5.74) is 15.7. The Morgan fingerprint density at radius 1 is 0.326 bits per heavy atom. The molecule has 89 heavy (non-hydrogen) atoms. The Balaban J connectivity index is 0.000000521. The first-order chi connectivity index (χ1) is 41.6. The van der Waals surface area contributed by atoms with Gasteiger partial charge in [-0.1, -0.05) is 206 Å². The molecule has 0 heterocycles. The van der Waals surface area contributed by atoms with Crippen molar-refractivity contribution in [3.63, 3.8) is 0 Å². The quantitative estimate of drug-likeness (QED) is 0.0737. The lowest BCUT2D eigenvalue weighted by atomic mass is 10.0. The number of hydrogen-bond acceptors (Lipinski definition) is 11. The van der Waals surface area contributed by atoms with Gasteiger partial charge in [0.25, 0.3) is 40.5 Å². The summed E-state index contributed by atoms with van der Waals surface area (Å²) in [5.74, 6) is 0. The van der Waals surface area contributed by atoms with Crippen molar-refractivity contribution in [1.82, 2.24) is 0 Å². The van der Waals surface area contributed by atoms with Crippen molar-refractivity contribution in [2.45, 2.75) is 174 Å². The molecule has 0 atom stereocenters. The monoisotopic (exact) mass is 1320 g/mol. The lowest BCUT2D eigenvalue weighted by Crippen LogP contribution is -2.06. The first-order valence-electron chi connectivity index (χ1n) is 29.2. The van der Waals surface area contributed by atoms with Gasteiger partial charge in [0.05, 0.1) is 19.6 Å². The predicted molar refractivity (Wildman–Crippen MR) is 359 cm³/mol. The summed E-state index contributed by atoms with van der Waals surface area (Å²) in [6.45, 7) is 26.9. The summed E-state index contributed by atoms with van der Waals surface area (Å²) < 4.78 is 148. The molecule has 0 aromatic heterocycles. The largest absolute Gasteiger partial charge is 0.425 e. The van der Waals surface area contributed by atoms with Crippen molar-refractivity contribution in [3.8, 4) is 0 Å². The lowest BCUT2D eigenvalue weighted by molar-refractivity contribution is 0.477. The summed E-state index contributed by atoms with van der Waals surface area (Å²) in [6, 6.07) is 51.1. The molecule has 0 amide bonds. The summed E-state index contributed by atoms with van der Waals surface area (Å²) in [6.07, 6.45) is 10.00. The predicted octanol–water partition coefficient (Wildman–Crippen LogP) is 15.9. The Morgan fingerprint density at radius 2 is 0.708 bits per heavy atom. The molecule has 0 fully saturated rings. The van der Waals surface area contributed by atoms with Crippen molar-refractivity contribution >= 4 is 61.9 Å². The average molecular weight is 1320 g/mol. The zero-order valence-electron chi connectivity index (χ0n) is 53.5. The Labute approximate surface area is 532 Å². The molecule has 8 rings (SSSR count). The minimum atomic E-state index is -4.51. The van der Waals surface area contributed by atoms with E-state index in [1.54, 1.807) is 6.07 Å². The third-order valence-corrected chi connectivity index (χ3v) is 17.1. The van der Waals surface area contributed by atoms with E-state index in [9.17, 15) is 33.7 Å². The molecular weight excluding hydrogens is 1230 g/mol. The van der Waals surface area contributed by atoms with Crippen LogP contribution in [-0.2, 0) is 96.0 Å². The Bertz CT molecular complexity index is 4050. The maximum Gasteiger partial charge on any atom is 0.425 e. The van der Waals surface area contributed by atoms with Crippen LogP contribution in [0.5, 0.6) is 0 Å². The highest BCUT2D eigenvalue weighted by molar-refractivity contribution is 7.87. The van der Waals surface area contributed by atoms with Crippen LogP contribution < -0.4 is 0 Å². The Kier molecular flexibility index (Phi) is 36.2. The van der Waals surface area contributed by atoms with Crippen LogP contribution in [0.1, 0.15) is 140 Å². The van der Waals surface area contributed by atoms with Gasteiger partial charge in [-0.3, -0.25) is 18.2 Å². The third-order valence-electron chi connectivity index (χ3n) is 13.6. The molecule has 15 nitrogen and oxygen atoms in total. The molecule has 0 saturated carbocycles. The Hall–Kier alpha value is -6.72. The second kappa shape index (κ2) is 40.1. The fraction of sp³-hybridized carbons (Fsp3) is 0.333. The van der Waals surface area contributed by atoms with Crippen LogP contribution in [0.2, 0.25) is 0 Å². The minimum Gasteiger partial charge on any atom is -0.282 e. The molecule has 0 radical (unpaired) electrons. The van der Waals surface area contributed by atoms with Gasteiger partial charge in [-0.15, -0.1) is 12.6 Å². The van der Waals surface area contributed by atoms with Crippen molar-refractivity contribution in [1.29, 1.82) is 0 Å². The lowest BCUT2D eigenvalue weighted by Gasteiger charge is -2.07. The summed E-state index contributed by atoms with van der Waals surface area (Å²) in [7, 11) is -20.3. The van der Waals surface area contributed by atoms with Crippen molar-refractivity contribution in [2.24, 2.45) is 0 Å². The number of hydrogen-bond donors (Lipinski definition) is 4. The molecule has 0 unspecified atom stereocenters.